The smallest absolute Gasteiger partial charge is 0.212 e. The van der Waals surface area contributed by atoms with E-state index in [4.69, 9.17) is 0 Å². The second-order valence-corrected chi connectivity index (χ2v) is 10.6. The summed E-state index contributed by atoms with van der Waals surface area (Å²) in [6.45, 7) is 2.26. The van der Waals surface area contributed by atoms with Crippen molar-refractivity contribution in [2.24, 2.45) is 0 Å². The summed E-state index contributed by atoms with van der Waals surface area (Å²) < 4.78 is 0. The second kappa shape index (κ2) is 11.3. The van der Waals surface area contributed by atoms with Crippen molar-refractivity contribution in [3.8, 4) is 0 Å². The summed E-state index contributed by atoms with van der Waals surface area (Å²) in [5.74, 6) is 1.94. The Morgan fingerprint density at radius 1 is 0.688 bits per heavy atom. The van der Waals surface area contributed by atoms with Crippen LogP contribution in [0.3, 0.4) is 0 Å². The lowest BCUT2D eigenvalue weighted by molar-refractivity contribution is 0.102. The summed E-state index contributed by atoms with van der Waals surface area (Å²) in [5.41, 5.74) is 0.831. The Kier molecular flexibility index (Phi) is 8.01. The fraction of sp³-hybridized carbons (Fsp3) is 0.300. The lowest BCUT2D eigenvalue weighted by Crippen LogP contribution is -2.21. The Morgan fingerprint density at radius 3 is 1.91 bits per heavy atom. The van der Waals surface area contributed by atoms with Crippen molar-refractivity contribution < 1.29 is 4.79 Å². The van der Waals surface area contributed by atoms with Crippen LogP contribution in [-0.2, 0) is 10.9 Å². The van der Waals surface area contributed by atoms with Gasteiger partial charge in [-0.05, 0) is 41.8 Å². The van der Waals surface area contributed by atoms with Gasteiger partial charge in [0, 0.05) is 27.2 Å². The molecule has 0 fully saturated rings. The maximum absolute atomic E-state index is 13.3. The van der Waals surface area contributed by atoms with Crippen molar-refractivity contribution in [3.63, 3.8) is 0 Å². The van der Waals surface area contributed by atoms with E-state index in [0.29, 0.717) is 5.75 Å². The number of unbranched alkanes of at least 4 members (excludes halogenated alkanes) is 5. The molecule has 0 aliphatic rings. The molecule has 0 aliphatic heterocycles. The van der Waals surface area contributed by atoms with Crippen molar-refractivity contribution in [2.45, 2.75) is 50.3 Å². The van der Waals surface area contributed by atoms with Crippen LogP contribution in [0.2, 0.25) is 0 Å². The largest absolute Gasteiger partial charge is 0.289 e. The summed E-state index contributed by atoms with van der Waals surface area (Å²) in [5, 5.41) is 5.16. The molecular formula is C30H33OS+. The molecule has 0 saturated heterocycles. The Hall–Kier alpha value is -2.58. The van der Waals surface area contributed by atoms with Crippen LogP contribution >= 0.6 is 0 Å². The normalized spacial score (nSPS) is 12.3. The molecule has 0 N–H and O–H groups in total. The van der Waals surface area contributed by atoms with E-state index >= 15 is 0 Å². The van der Waals surface area contributed by atoms with E-state index in [0.717, 1.165) is 11.3 Å². The van der Waals surface area contributed by atoms with Crippen LogP contribution in [0, 0.1) is 0 Å². The highest BCUT2D eigenvalue weighted by atomic mass is 32.2. The van der Waals surface area contributed by atoms with Gasteiger partial charge in [-0.2, -0.15) is 0 Å². The third-order valence-electron chi connectivity index (χ3n) is 6.16. The fourth-order valence-corrected chi connectivity index (χ4v) is 6.97. The number of benzene rings is 4. The molecule has 0 radical (unpaired) electrons. The van der Waals surface area contributed by atoms with Gasteiger partial charge in [0.2, 0.25) is 5.78 Å². The van der Waals surface area contributed by atoms with Gasteiger partial charge in [-0.1, -0.05) is 99.3 Å². The van der Waals surface area contributed by atoms with Crippen LogP contribution in [0.1, 0.15) is 55.8 Å². The van der Waals surface area contributed by atoms with Crippen LogP contribution in [0.15, 0.2) is 89.8 Å². The number of ketones is 1. The topological polar surface area (TPSA) is 17.1 Å². The molecule has 0 bridgehead atoms. The molecule has 2 heteroatoms. The highest BCUT2D eigenvalue weighted by Gasteiger charge is 2.30. The minimum Gasteiger partial charge on any atom is -0.289 e. The molecule has 4 aromatic rings. The van der Waals surface area contributed by atoms with Gasteiger partial charge in [-0.3, -0.25) is 4.79 Å². The van der Waals surface area contributed by atoms with Crippen LogP contribution < -0.4 is 0 Å². The first kappa shape index (κ1) is 22.6. The number of hydrogen-bond acceptors (Lipinski definition) is 1. The quantitative estimate of drug-likeness (QED) is 0.0991. The molecule has 4 aromatic carbocycles. The molecule has 0 saturated carbocycles. The maximum atomic E-state index is 13.3. The highest BCUT2D eigenvalue weighted by Crippen LogP contribution is 2.34. The summed E-state index contributed by atoms with van der Waals surface area (Å²) in [6.07, 6.45) is 7.67. The van der Waals surface area contributed by atoms with Crippen molar-refractivity contribution >= 4 is 38.2 Å². The molecule has 4 rings (SSSR count). The monoisotopic (exact) mass is 441 g/mol. The van der Waals surface area contributed by atoms with E-state index in [1.165, 1.54) is 65.0 Å². The average molecular weight is 442 g/mol. The van der Waals surface area contributed by atoms with Crippen molar-refractivity contribution in [1.29, 1.82) is 0 Å². The van der Waals surface area contributed by atoms with Gasteiger partial charge in [0.05, 0.1) is 0 Å². The third kappa shape index (κ3) is 5.42. The Labute approximate surface area is 195 Å². The molecule has 0 aliphatic carbocycles. The van der Waals surface area contributed by atoms with E-state index in [2.05, 4.69) is 61.5 Å². The molecule has 1 atom stereocenters. The maximum Gasteiger partial charge on any atom is 0.212 e. The highest BCUT2D eigenvalue weighted by molar-refractivity contribution is 7.98. The Bertz CT molecular complexity index is 1110. The molecule has 32 heavy (non-hydrogen) atoms. The van der Waals surface area contributed by atoms with E-state index in [9.17, 15) is 4.79 Å². The Balaban J connectivity index is 1.69. The van der Waals surface area contributed by atoms with Gasteiger partial charge >= 0.3 is 0 Å². The second-order valence-electron chi connectivity index (χ2n) is 8.55. The van der Waals surface area contributed by atoms with E-state index in [1.54, 1.807) is 0 Å². The zero-order valence-electron chi connectivity index (χ0n) is 19.1. The van der Waals surface area contributed by atoms with Gasteiger partial charge in [-0.25, -0.2) is 0 Å². The van der Waals surface area contributed by atoms with Gasteiger partial charge in [0.25, 0.3) is 0 Å². The first-order valence-electron chi connectivity index (χ1n) is 11.9. The van der Waals surface area contributed by atoms with Crippen LogP contribution in [0.25, 0.3) is 21.5 Å². The minimum absolute atomic E-state index is 0.124. The number of Topliss-reactive ketones (excluding diaryl/α,β-unsaturated/α-hetero) is 1. The van der Waals surface area contributed by atoms with Crippen molar-refractivity contribution in [1.82, 2.24) is 0 Å². The zero-order chi connectivity index (χ0) is 22.2. The average Bonchev–Trinajstić information content (AvgIpc) is 2.84. The number of fused-ring (bicyclic) bond motifs is 2. The van der Waals surface area contributed by atoms with Crippen LogP contribution in [-0.4, -0.2) is 17.3 Å². The molecule has 0 aromatic heterocycles. The van der Waals surface area contributed by atoms with E-state index in [1.807, 2.05) is 30.3 Å². The zero-order valence-corrected chi connectivity index (χ0v) is 19.9. The summed E-state index contributed by atoms with van der Waals surface area (Å²) in [6, 6.07) is 29.5. The van der Waals surface area contributed by atoms with Crippen molar-refractivity contribution in [3.05, 3.63) is 90.5 Å². The third-order valence-corrected chi connectivity index (χ3v) is 8.57. The van der Waals surface area contributed by atoms with Gasteiger partial charge in [-0.15, -0.1) is 0 Å². The molecule has 0 spiro atoms. The first-order valence-corrected chi connectivity index (χ1v) is 13.5. The Morgan fingerprint density at radius 2 is 1.25 bits per heavy atom. The van der Waals surface area contributed by atoms with Crippen molar-refractivity contribution in [2.75, 3.05) is 11.5 Å². The van der Waals surface area contributed by atoms with E-state index < -0.39 is 0 Å². The molecule has 0 amide bonds. The van der Waals surface area contributed by atoms with Crippen LogP contribution in [0.5, 0.6) is 0 Å². The lowest BCUT2D eigenvalue weighted by atomic mass is 10.0. The van der Waals surface area contributed by atoms with E-state index in [-0.39, 0.29) is 16.7 Å². The van der Waals surface area contributed by atoms with Gasteiger partial charge < -0.3 is 0 Å². The molecule has 1 nitrogen and oxygen atoms in total. The number of carbonyl (C=O) groups is 1. The fourth-order valence-electron chi connectivity index (χ4n) is 4.45. The van der Waals surface area contributed by atoms with Gasteiger partial charge in [0.15, 0.2) is 10.6 Å². The van der Waals surface area contributed by atoms with Gasteiger partial charge in [0.1, 0.15) is 5.75 Å². The first-order chi connectivity index (χ1) is 15.8. The van der Waals surface area contributed by atoms with Crippen LogP contribution in [0.4, 0.5) is 0 Å². The number of carbonyl (C=O) groups excluding carboxylic acids is 1. The summed E-state index contributed by atoms with van der Waals surface area (Å²) in [4.78, 5) is 14.7. The number of hydrogen-bond donors (Lipinski definition) is 0. The number of rotatable bonds is 11. The molecule has 0 heterocycles. The lowest BCUT2D eigenvalue weighted by Gasteiger charge is -2.14. The standard InChI is InChI=1S/C30H33OS/c1-2-3-4-5-6-14-21-32(23-29(31)24-15-8-7-9-16-24)30-27-19-12-10-17-25(27)22-26-18-11-13-20-28(26)30/h7-13,15-20,22H,2-6,14,21,23H2,1H3/q+1. The molecule has 164 valence electrons. The predicted octanol–water partition coefficient (Wildman–Crippen LogP) is 8.21. The summed E-state index contributed by atoms with van der Waals surface area (Å²) >= 11 is 0. The molecular weight excluding hydrogens is 408 g/mol. The minimum atomic E-state index is -0.124. The summed E-state index contributed by atoms with van der Waals surface area (Å²) in [7, 11) is -0.124. The SMILES string of the molecule is CCCCCCCC[S+](CC(=O)c1ccccc1)c1c2ccccc2cc2ccccc12. The molecule has 1 unspecified atom stereocenters. The predicted molar refractivity (Wildman–Crippen MR) is 141 cm³/mol.